The molecule has 1 aromatic rings. The molecule has 5 atom stereocenters. The van der Waals surface area contributed by atoms with Crippen LogP contribution in [0.4, 0.5) is 0 Å². The number of hydrogen-bond donors (Lipinski definition) is 9. The number of guanidine groups is 1. The number of hydrogen-bond acceptors (Lipinski definition) is 8. The minimum absolute atomic E-state index is 0.0108. The van der Waals surface area contributed by atoms with Gasteiger partial charge < -0.3 is 48.1 Å². The predicted molar refractivity (Wildman–Crippen MR) is 138 cm³/mol. The van der Waals surface area contributed by atoms with E-state index < -0.39 is 54.0 Å². The van der Waals surface area contributed by atoms with Crippen LogP contribution in [0, 0.1) is 0 Å². The number of phenolic OH excluding ortho intramolecular Hbond substituents is 1. The van der Waals surface area contributed by atoms with Gasteiger partial charge in [-0.1, -0.05) is 12.1 Å². The Morgan fingerprint density at radius 2 is 1.74 bits per heavy atom. The Kier molecular flexibility index (Phi) is 11.8. The third kappa shape index (κ3) is 9.86. The van der Waals surface area contributed by atoms with Crippen molar-refractivity contribution in [3.8, 4) is 5.75 Å². The number of rotatable bonds is 14. The number of aliphatic imine (C=N–C) groups is 1. The topological polar surface area (TPSA) is 241 Å². The number of aliphatic hydroxyl groups is 1. The number of amides is 3. The monoisotopic (exact) mass is 535 g/mol. The van der Waals surface area contributed by atoms with Crippen LogP contribution in [-0.2, 0) is 25.6 Å². The van der Waals surface area contributed by atoms with Gasteiger partial charge >= 0.3 is 5.97 Å². The van der Waals surface area contributed by atoms with E-state index in [2.05, 4.69) is 26.3 Å². The predicted octanol–water partition coefficient (Wildman–Crippen LogP) is -2.34. The number of benzene rings is 1. The quantitative estimate of drug-likeness (QED) is 0.0698. The lowest BCUT2D eigenvalue weighted by atomic mass is 10.0. The summed E-state index contributed by atoms with van der Waals surface area (Å²) < 4.78 is 0. The van der Waals surface area contributed by atoms with Crippen LogP contribution in [0.2, 0.25) is 0 Å². The highest BCUT2D eigenvalue weighted by Crippen LogP contribution is 2.12. The molecule has 1 fully saturated rings. The average molecular weight is 536 g/mol. The summed E-state index contributed by atoms with van der Waals surface area (Å²) in [6, 6.07) is 1.49. The standard InChI is InChI=1S/C24H37N7O7/c1-13(32)19(31-20(34)16-4-2-10-27-16)22(36)29-17(5-3-11-28-24(25)26)21(35)30-18(23(37)38)12-14-6-8-15(33)9-7-14/h6-9,13,16-19,27,32-33H,2-5,10-12H2,1H3,(H,29,36)(H,30,35)(H,31,34)(H,37,38)(H4,25,26,28). The smallest absolute Gasteiger partial charge is 0.326 e. The van der Waals surface area contributed by atoms with Crippen LogP contribution in [0.5, 0.6) is 5.75 Å². The second kappa shape index (κ2) is 14.7. The van der Waals surface area contributed by atoms with Gasteiger partial charge in [-0.2, -0.15) is 0 Å². The molecule has 0 spiro atoms. The molecule has 14 nitrogen and oxygen atoms in total. The van der Waals surface area contributed by atoms with Crippen molar-refractivity contribution >= 4 is 29.7 Å². The highest BCUT2D eigenvalue weighted by Gasteiger charge is 2.33. The Labute approximate surface area is 220 Å². The number of nitrogens with two attached hydrogens (primary N) is 2. The summed E-state index contributed by atoms with van der Waals surface area (Å²) in [6.07, 6.45) is 0.363. The van der Waals surface area contributed by atoms with Crippen molar-refractivity contribution in [1.29, 1.82) is 0 Å². The molecule has 0 aliphatic carbocycles. The number of carbonyl (C=O) groups is 4. The molecule has 1 heterocycles. The highest BCUT2D eigenvalue weighted by atomic mass is 16.4. The number of carbonyl (C=O) groups excluding carboxylic acids is 3. The van der Waals surface area contributed by atoms with Crippen molar-refractivity contribution in [2.24, 2.45) is 16.5 Å². The minimum atomic E-state index is -1.34. The fourth-order valence-corrected chi connectivity index (χ4v) is 3.94. The average Bonchev–Trinajstić information content (AvgIpc) is 3.39. The normalized spacial score (nSPS) is 17.9. The summed E-state index contributed by atoms with van der Waals surface area (Å²) in [5.74, 6) is -3.46. The van der Waals surface area contributed by atoms with Crippen LogP contribution in [0.15, 0.2) is 29.3 Å². The largest absolute Gasteiger partial charge is 0.508 e. The SMILES string of the molecule is CC(O)C(NC(=O)C1CCCN1)C(=O)NC(CCCN=C(N)N)C(=O)NC(Cc1ccc(O)cc1)C(=O)O. The molecule has 2 rings (SSSR count). The molecule has 0 aromatic heterocycles. The van der Waals surface area contributed by atoms with Crippen LogP contribution in [0.3, 0.4) is 0 Å². The molecule has 0 radical (unpaired) electrons. The van der Waals surface area contributed by atoms with Crippen molar-refractivity contribution < 1.29 is 34.5 Å². The van der Waals surface area contributed by atoms with Gasteiger partial charge in [-0.3, -0.25) is 19.4 Å². The van der Waals surface area contributed by atoms with Crippen molar-refractivity contribution in [2.75, 3.05) is 13.1 Å². The lowest BCUT2D eigenvalue weighted by Gasteiger charge is -2.26. The van der Waals surface area contributed by atoms with Gasteiger partial charge in [0.15, 0.2) is 5.96 Å². The maximum absolute atomic E-state index is 13.1. The minimum Gasteiger partial charge on any atom is -0.508 e. The summed E-state index contributed by atoms with van der Waals surface area (Å²) in [4.78, 5) is 54.4. The number of aliphatic carboxylic acids is 1. The van der Waals surface area contributed by atoms with E-state index in [1.54, 1.807) is 0 Å². The molecule has 1 aromatic carbocycles. The molecule has 210 valence electrons. The Morgan fingerprint density at radius 3 is 2.29 bits per heavy atom. The molecule has 5 unspecified atom stereocenters. The molecular weight excluding hydrogens is 498 g/mol. The van der Waals surface area contributed by atoms with Crippen molar-refractivity contribution in [1.82, 2.24) is 21.3 Å². The zero-order valence-electron chi connectivity index (χ0n) is 21.2. The number of aliphatic hydroxyl groups excluding tert-OH is 1. The van der Waals surface area contributed by atoms with E-state index >= 15 is 0 Å². The van der Waals surface area contributed by atoms with Gasteiger partial charge in [-0.15, -0.1) is 0 Å². The first kappa shape index (κ1) is 30.3. The summed E-state index contributed by atoms with van der Waals surface area (Å²) in [5, 5.41) is 39.7. The zero-order chi connectivity index (χ0) is 28.2. The molecule has 0 saturated carbocycles. The van der Waals surface area contributed by atoms with Gasteiger partial charge in [0.25, 0.3) is 0 Å². The summed E-state index contributed by atoms with van der Waals surface area (Å²) >= 11 is 0. The summed E-state index contributed by atoms with van der Waals surface area (Å²) in [7, 11) is 0. The second-order valence-corrected chi connectivity index (χ2v) is 9.16. The van der Waals surface area contributed by atoms with E-state index in [9.17, 15) is 34.5 Å². The van der Waals surface area contributed by atoms with E-state index in [4.69, 9.17) is 11.5 Å². The van der Waals surface area contributed by atoms with Crippen molar-refractivity contribution in [3.05, 3.63) is 29.8 Å². The van der Waals surface area contributed by atoms with E-state index in [0.29, 0.717) is 18.5 Å². The van der Waals surface area contributed by atoms with Crippen molar-refractivity contribution in [3.63, 3.8) is 0 Å². The fraction of sp³-hybridized carbons (Fsp3) is 0.542. The van der Waals surface area contributed by atoms with Crippen LogP contribution < -0.4 is 32.7 Å². The van der Waals surface area contributed by atoms with Gasteiger partial charge in [0.2, 0.25) is 17.7 Å². The molecule has 11 N–H and O–H groups in total. The Hall–Kier alpha value is -3.91. The van der Waals surface area contributed by atoms with Gasteiger partial charge in [-0.25, -0.2) is 4.79 Å². The summed E-state index contributed by atoms with van der Waals surface area (Å²) in [5.41, 5.74) is 11.2. The lowest BCUT2D eigenvalue weighted by Crippen LogP contribution is -2.59. The first-order valence-corrected chi connectivity index (χ1v) is 12.4. The number of carboxylic acids is 1. The third-order valence-electron chi connectivity index (χ3n) is 6.01. The number of aromatic hydroxyl groups is 1. The fourth-order valence-electron chi connectivity index (χ4n) is 3.94. The first-order chi connectivity index (χ1) is 18.0. The first-order valence-electron chi connectivity index (χ1n) is 12.4. The molecule has 1 aliphatic rings. The molecule has 0 bridgehead atoms. The van der Waals surface area contributed by atoms with Crippen LogP contribution in [0.1, 0.15) is 38.2 Å². The van der Waals surface area contributed by atoms with Crippen LogP contribution in [-0.4, -0.2) is 88.3 Å². The number of nitrogens with zero attached hydrogens (tertiary/aromatic N) is 1. The zero-order valence-corrected chi connectivity index (χ0v) is 21.2. The van der Waals surface area contributed by atoms with Gasteiger partial charge in [-0.05, 0) is 56.8 Å². The molecule has 3 amide bonds. The van der Waals surface area contributed by atoms with Crippen molar-refractivity contribution in [2.45, 2.75) is 69.3 Å². The molecule has 1 saturated heterocycles. The second-order valence-electron chi connectivity index (χ2n) is 9.16. The Balaban J connectivity index is 2.14. The van der Waals surface area contributed by atoms with Gasteiger partial charge in [0.1, 0.15) is 23.9 Å². The lowest BCUT2D eigenvalue weighted by molar-refractivity contribution is -0.142. The number of phenols is 1. The maximum atomic E-state index is 13.1. The Morgan fingerprint density at radius 1 is 1.08 bits per heavy atom. The number of carboxylic acid groups (broad SMARTS) is 1. The van der Waals surface area contributed by atoms with Gasteiger partial charge in [0.05, 0.1) is 12.1 Å². The molecule has 38 heavy (non-hydrogen) atoms. The van der Waals surface area contributed by atoms with Crippen LogP contribution >= 0.6 is 0 Å². The van der Waals surface area contributed by atoms with E-state index in [1.807, 2.05) is 0 Å². The maximum Gasteiger partial charge on any atom is 0.326 e. The Bertz CT molecular complexity index is 990. The van der Waals surface area contributed by atoms with E-state index in [0.717, 1.165) is 6.42 Å². The molecular formula is C24H37N7O7. The van der Waals surface area contributed by atoms with E-state index in [1.165, 1.54) is 31.2 Å². The summed E-state index contributed by atoms with van der Waals surface area (Å²) in [6.45, 7) is 2.15. The van der Waals surface area contributed by atoms with E-state index in [-0.39, 0.29) is 37.5 Å². The van der Waals surface area contributed by atoms with Gasteiger partial charge in [0, 0.05) is 13.0 Å². The number of nitrogens with one attached hydrogen (secondary N) is 4. The molecule has 14 heteroatoms. The third-order valence-corrected chi connectivity index (χ3v) is 6.01. The highest BCUT2D eigenvalue weighted by molar-refractivity contribution is 5.94. The molecule has 1 aliphatic heterocycles. The van der Waals surface area contributed by atoms with Crippen LogP contribution in [0.25, 0.3) is 0 Å².